The molecule has 0 aliphatic heterocycles. The number of methoxy groups -OCH3 is 2. The summed E-state index contributed by atoms with van der Waals surface area (Å²) in [6.07, 6.45) is 0. The van der Waals surface area contributed by atoms with Crippen LogP contribution in [0.4, 0.5) is 85.3 Å². The minimum atomic E-state index is 0.847. The first-order valence-corrected chi connectivity index (χ1v) is 35.0. The summed E-state index contributed by atoms with van der Waals surface area (Å²) >= 11 is 0. The molecule has 0 heterocycles. The van der Waals surface area contributed by atoms with Crippen LogP contribution in [0.3, 0.4) is 0 Å². The highest BCUT2D eigenvalue weighted by Gasteiger charge is 2.18. The SMILES string of the molecule is COc1ccc(N(C)c2ccc(N(c3ccccc3)c3ccc(-c4ccccc4)cc3)cc2)cc1.COc1cccc(N(C)c2ccc(N(c3ccccc3)c3ccc(-c4ccccc4)cc3)cc2)c1.Cc1cccc(N(C)c2ccc(N(c3ccccc3)c3ccc(-c4ccccc4)cc3)cc2)c1. The van der Waals surface area contributed by atoms with Crippen LogP contribution >= 0.6 is 0 Å². The maximum atomic E-state index is 5.39. The number of hydrogen-bond donors (Lipinski definition) is 0. The van der Waals surface area contributed by atoms with E-state index in [-0.39, 0.29) is 0 Å². The van der Waals surface area contributed by atoms with Crippen LogP contribution in [0.15, 0.2) is 400 Å². The lowest BCUT2D eigenvalue weighted by molar-refractivity contribution is 0.415. The van der Waals surface area contributed by atoms with Gasteiger partial charge in [-0.2, -0.15) is 0 Å². The average molecular weight is 1350 g/mol. The summed E-state index contributed by atoms with van der Waals surface area (Å²) in [6, 6.07) is 140. The lowest BCUT2D eigenvalue weighted by Gasteiger charge is -2.27. The van der Waals surface area contributed by atoms with E-state index in [1.165, 1.54) is 44.6 Å². The highest BCUT2D eigenvalue weighted by molar-refractivity contribution is 5.83. The third-order valence-electron chi connectivity index (χ3n) is 18.5. The standard InChI is InChI=1S/2C32H28N2O.C32H28N2/c1-33(31-14-9-15-32(24-31)35-2)27-20-22-30(23-21-27)34(28-12-7-4-8-13-28)29-18-16-26(17-19-29)25-10-5-3-6-11-25;1-33(28-21-23-32(35-2)24-22-28)27-17-19-31(20-18-27)34(29-11-7-4-8-12-29)30-15-13-26(14-16-30)25-9-5-3-6-10-25;1-25-10-9-15-32(24-25)33(2)28-20-22-31(23-21-28)34(29-13-7-4-8-14-29)30-18-16-27(17-19-30)26-11-5-3-6-12-26/h2*3-24H,1-2H3;3-24H,1-2H3. The quantitative estimate of drug-likeness (QED) is 0.0747. The maximum absolute atomic E-state index is 5.39. The van der Waals surface area contributed by atoms with Crippen molar-refractivity contribution in [3.63, 3.8) is 0 Å². The summed E-state index contributed by atoms with van der Waals surface area (Å²) in [4.78, 5) is 13.4. The Balaban J connectivity index is 0.000000139. The summed E-state index contributed by atoms with van der Waals surface area (Å²) in [6.45, 7) is 2.13. The summed E-state index contributed by atoms with van der Waals surface area (Å²) < 4.78 is 10.7. The highest BCUT2D eigenvalue weighted by atomic mass is 16.5. The molecule has 0 amide bonds. The van der Waals surface area contributed by atoms with E-state index < -0.39 is 0 Å². The van der Waals surface area contributed by atoms with E-state index in [1.54, 1.807) is 14.2 Å². The van der Waals surface area contributed by atoms with Gasteiger partial charge < -0.3 is 38.9 Å². The summed E-state index contributed by atoms with van der Waals surface area (Å²) in [5.41, 5.74) is 25.4. The molecule has 0 N–H and O–H groups in total. The van der Waals surface area contributed by atoms with E-state index in [4.69, 9.17) is 9.47 Å². The van der Waals surface area contributed by atoms with Gasteiger partial charge in [-0.15, -0.1) is 0 Å². The number of nitrogens with zero attached hydrogens (tertiary/aromatic N) is 6. The van der Waals surface area contributed by atoms with Crippen molar-refractivity contribution in [1.82, 2.24) is 0 Å². The lowest BCUT2D eigenvalue weighted by atomic mass is 10.0. The van der Waals surface area contributed by atoms with Gasteiger partial charge in [-0.1, -0.05) is 200 Å². The van der Waals surface area contributed by atoms with Crippen LogP contribution in [0, 0.1) is 6.92 Å². The first kappa shape index (κ1) is 69.2. The molecule has 0 aromatic heterocycles. The molecule has 15 aromatic rings. The van der Waals surface area contributed by atoms with Crippen LogP contribution in [0.2, 0.25) is 0 Å². The second-order valence-corrected chi connectivity index (χ2v) is 25.2. The Morgan fingerprint density at radius 3 is 0.673 bits per heavy atom. The first-order valence-electron chi connectivity index (χ1n) is 35.0. The van der Waals surface area contributed by atoms with Gasteiger partial charge in [0.15, 0.2) is 0 Å². The predicted molar refractivity (Wildman–Crippen MR) is 441 cm³/mol. The van der Waals surface area contributed by atoms with Crippen molar-refractivity contribution in [3.05, 3.63) is 406 Å². The number of para-hydroxylation sites is 3. The molecule has 0 fully saturated rings. The molecule has 8 heteroatoms. The normalized spacial score (nSPS) is 10.6. The minimum Gasteiger partial charge on any atom is -0.497 e. The highest BCUT2D eigenvalue weighted by Crippen LogP contribution is 2.41. The van der Waals surface area contributed by atoms with Crippen LogP contribution < -0.4 is 38.9 Å². The molecule has 510 valence electrons. The lowest BCUT2D eigenvalue weighted by Crippen LogP contribution is -2.12. The zero-order valence-electron chi connectivity index (χ0n) is 59.6. The second kappa shape index (κ2) is 33.7. The Bertz CT molecular complexity index is 5100. The van der Waals surface area contributed by atoms with Crippen molar-refractivity contribution in [3.8, 4) is 44.9 Å². The van der Waals surface area contributed by atoms with Crippen molar-refractivity contribution in [2.45, 2.75) is 6.92 Å². The fourth-order valence-corrected chi connectivity index (χ4v) is 12.8. The fraction of sp³-hybridized carbons (Fsp3) is 0.0625. The van der Waals surface area contributed by atoms with E-state index in [1.807, 2.05) is 54.6 Å². The largest absolute Gasteiger partial charge is 0.497 e. The Kier molecular flexibility index (Phi) is 22.4. The molecule has 0 saturated carbocycles. The monoisotopic (exact) mass is 1350 g/mol. The van der Waals surface area contributed by atoms with E-state index in [2.05, 4.69) is 403 Å². The third kappa shape index (κ3) is 16.9. The first-order chi connectivity index (χ1) is 51.1. The van der Waals surface area contributed by atoms with E-state index >= 15 is 0 Å². The van der Waals surface area contributed by atoms with E-state index in [0.29, 0.717) is 0 Å². The van der Waals surface area contributed by atoms with Crippen molar-refractivity contribution < 1.29 is 9.47 Å². The molecule has 0 unspecified atom stereocenters. The molecular weight excluding hydrogens is 1270 g/mol. The summed E-state index contributed by atoms with van der Waals surface area (Å²) in [5, 5.41) is 0. The van der Waals surface area contributed by atoms with Gasteiger partial charge in [-0.25, -0.2) is 0 Å². The van der Waals surface area contributed by atoms with E-state index in [0.717, 1.165) is 91.1 Å². The van der Waals surface area contributed by atoms with Crippen molar-refractivity contribution in [2.75, 3.05) is 64.8 Å². The van der Waals surface area contributed by atoms with Gasteiger partial charge in [0, 0.05) is 113 Å². The molecule has 0 aliphatic rings. The van der Waals surface area contributed by atoms with Gasteiger partial charge in [0.2, 0.25) is 0 Å². The van der Waals surface area contributed by atoms with E-state index in [9.17, 15) is 0 Å². The molecule has 0 bridgehead atoms. The Morgan fingerprint density at radius 2 is 0.385 bits per heavy atom. The van der Waals surface area contributed by atoms with Gasteiger partial charge >= 0.3 is 0 Å². The predicted octanol–water partition coefficient (Wildman–Crippen LogP) is 26.1. The Hall–Kier alpha value is -13.3. The minimum absolute atomic E-state index is 0.847. The number of hydrogen-bond acceptors (Lipinski definition) is 8. The van der Waals surface area contributed by atoms with Gasteiger partial charge in [-0.05, 0) is 240 Å². The van der Waals surface area contributed by atoms with Gasteiger partial charge in [-0.3, -0.25) is 0 Å². The zero-order chi connectivity index (χ0) is 71.4. The second-order valence-electron chi connectivity index (χ2n) is 25.2. The molecule has 0 saturated heterocycles. The van der Waals surface area contributed by atoms with Gasteiger partial charge in [0.05, 0.1) is 14.2 Å². The number of benzene rings is 15. The molecule has 0 spiro atoms. The molecule has 0 atom stereocenters. The maximum Gasteiger partial charge on any atom is 0.120 e. The number of aryl methyl sites for hydroxylation is 1. The van der Waals surface area contributed by atoms with Crippen LogP contribution in [0.5, 0.6) is 11.5 Å². The molecule has 15 aromatic carbocycles. The summed E-state index contributed by atoms with van der Waals surface area (Å²) in [5.74, 6) is 1.70. The Morgan fingerprint density at radius 1 is 0.173 bits per heavy atom. The van der Waals surface area contributed by atoms with Crippen LogP contribution in [-0.2, 0) is 0 Å². The van der Waals surface area contributed by atoms with Gasteiger partial charge in [0.1, 0.15) is 11.5 Å². The van der Waals surface area contributed by atoms with Crippen LogP contribution in [-0.4, -0.2) is 35.4 Å². The van der Waals surface area contributed by atoms with Crippen LogP contribution in [0.1, 0.15) is 5.56 Å². The molecule has 8 nitrogen and oxygen atoms in total. The molecular formula is C96H84N6O2. The Labute approximate surface area is 613 Å². The molecule has 0 aliphatic carbocycles. The third-order valence-corrected chi connectivity index (χ3v) is 18.5. The molecule has 15 rings (SSSR count). The topological polar surface area (TPSA) is 37.9 Å². The summed E-state index contributed by atoms with van der Waals surface area (Å²) in [7, 11) is 9.64. The molecule has 0 radical (unpaired) electrons. The smallest absolute Gasteiger partial charge is 0.120 e. The fourth-order valence-electron chi connectivity index (χ4n) is 12.8. The van der Waals surface area contributed by atoms with Crippen LogP contribution in [0.25, 0.3) is 33.4 Å². The average Bonchev–Trinajstić information content (AvgIpc) is 0.810. The number of ether oxygens (including phenoxy) is 2. The molecule has 104 heavy (non-hydrogen) atoms. The van der Waals surface area contributed by atoms with Crippen molar-refractivity contribution >= 4 is 85.3 Å². The zero-order valence-corrected chi connectivity index (χ0v) is 59.6. The van der Waals surface area contributed by atoms with Crippen molar-refractivity contribution in [1.29, 1.82) is 0 Å². The number of anilines is 15. The van der Waals surface area contributed by atoms with Gasteiger partial charge in [0.25, 0.3) is 0 Å². The number of rotatable bonds is 20. The van der Waals surface area contributed by atoms with Crippen molar-refractivity contribution in [2.24, 2.45) is 0 Å².